The first-order valence-electron chi connectivity index (χ1n) is 9.59. The van der Waals surface area contributed by atoms with Crippen molar-refractivity contribution in [1.82, 2.24) is 9.88 Å². The first-order valence-corrected chi connectivity index (χ1v) is 9.59. The van der Waals surface area contributed by atoms with E-state index in [0.29, 0.717) is 12.3 Å². The number of carbonyl (C=O) groups is 1. The van der Waals surface area contributed by atoms with Crippen molar-refractivity contribution in [2.75, 3.05) is 20.2 Å². The van der Waals surface area contributed by atoms with Gasteiger partial charge in [-0.15, -0.1) is 0 Å². The third-order valence-electron chi connectivity index (χ3n) is 5.64. The molecule has 138 valence electrons. The highest BCUT2D eigenvalue weighted by atomic mass is 16.5. The minimum absolute atomic E-state index is 0.222. The Morgan fingerprint density at radius 2 is 2.15 bits per heavy atom. The molecule has 2 aromatic rings. The number of amides is 1. The Balaban J connectivity index is 1.38. The molecule has 1 atom stereocenters. The SMILES string of the molecule is COc1cccc(Cc2cnc([C@@H]3CCN(C(=O)C4CCCC4)C3)o2)c1. The van der Waals surface area contributed by atoms with Crippen LogP contribution in [0.5, 0.6) is 5.75 Å². The molecule has 0 spiro atoms. The van der Waals surface area contributed by atoms with Gasteiger partial charge in [-0.2, -0.15) is 0 Å². The maximum Gasteiger partial charge on any atom is 0.225 e. The number of hydrogen-bond acceptors (Lipinski definition) is 4. The Kier molecular flexibility index (Phi) is 4.96. The zero-order valence-electron chi connectivity index (χ0n) is 15.3. The van der Waals surface area contributed by atoms with Gasteiger partial charge in [-0.3, -0.25) is 4.79 Å². The number of benzene rings is 1. The number of oxazole rings is 1. The zero-order chi connectivity index (χ0) is 17.9. The van der Waals surface area contributed by atoms with Crippen LogP contribution in [0, 0.1) is 5.92 Å². The number of aromatic nitrogens is 1. The quantitative estimate of drug-likeness (QED) is 0.820. The second kappa shape index (κ2) is 7.52. The third kappa shape index (κ3) is 3.62. The van der Waals surface area contributed by atoms with Crippen LogP contribution in [0.1, 0.15) is 55.2 Å². The van der Waals surface area contributed by atoms with E-state index in [4.69, 9.17) is 9.15 Å². The van der Waals surface area contributed by atoms with Gasteiger partial charge in [0.15, 0.2) is 5.89 Å². The van der Waals surface area contributed by atoms with Gasteiger partial charge in [-0.25, -0.2) is 4.98 Å². The summed E-state index contributed by atoms with van der Waals surface area (Å²) in [5.41, 5.74) is 1.14. The van der Waals surface area contributed by atoms with Gasteiger partial charge in [0, 0.05) is 25.4 Å². The molecule has 1 aliphatic heterocycles. The predicted molar refractivity (Wildman–Crippen MR) is 98.2 cm³/mol. The van der Waals surface area contributed by atoms with Gasteiger partial charge in [0.05, 0.1) is 19.2 Å². The summed E-state index contributed by atoms with van der Waals surface area (Å²) < 4.78 is 11.3. The van der Waals surface area contributed by atoms with E-state index in [2.05, 4.69) is 11.1 Å². The largest absolute Gasteiger partial charge is 0.497 e. The van der Waals surface area contributed by atoms with Crippen LogP contribution in [0.15, 0.2) is 34.9 Å². The summed E-state index contributed by atoms with van der Waals surface area (Å²) in [5.74, 6) is 3.28. The molecule has 1 saturated heterocycles. The molecule has 5 nitrogen and oxygen atoms in total. The molecule has 2 fully saturated rings. The molecule has 0 bridgehead atoms. The van der Waals surface area contributed by atoms with Crippen molar-refractivity contribution in [3.8, 4) is 5.75 Å². The van der Waals surface area contributed by atoms with Crippen molar-refractivity contribution in [2.24, 2.45) is 5.92 Å². The lowest BCUT2D eigenvalue weighted by molar-refractivity contribution is -0.134. The summed E-state index contributed by atoms with van der Waals surface area (Å²) in [5, 5.41) is 0. The molecule has 1 aromatic carbocycles. The fourth-order valence-electron chi connectivity index (χ4n) is 4.17. The molecule has 1 aliphatic carbocycles. The topological polar surface area (TPSA) is 55.6 Å². The van der Waals surface area contributed by atoms with Gasteiger partial charge in [-0.1, -0.05) is 25.0 Å². The molecule has 26 heavy (non-hydrogen) atoms. The van der Waals surface area contributed by atoms with Gasteiger partial charge in [-0.05, 0) is 37.0 Å². The van der Waals surface area contributed by atoms with Crippen LogP contribution in [0.3, 0.4) is 0 Å². The first kappa shape index (κ1) is 17.1. The molecule has 2 aliphatic rings. The minimum atomic E-state index is 0.222. The van der Waals surface area contributed by atoms with Crippen LogP contribution in [-0.2, 0) is 11.2 Å². The summed E-state index contributed by atoms with van der Waals surface area (Å²) in [7, 11) is 1.67. The van der Waals surface area contributed by atoms with Gasteiger partial charge in [0.1, 0.15) is 11.5 Å². The number of rotatable bonds is 5. The number of ether oxygens (including phenoxy) is 1. The van der Waals surface area contributed by atoms with Crippen LogP contribution < -0.4 is 4.74 Å². The van der Waals surface area contributed by atoms with E-state index < -0.39 is 0 Å². The van der Waals surface area contributed by atoms with Crippen molar-refractivity contribution in [3.05, 3.63) is 47.7 Å². The molecule has 0 unspecified atom stereocenters. The second-order valence-electron chi connectivity index (χ2n) is 7.44. The highest BCUT2D eigenvalue weighted by molar-refractivity contribution is 5.79. The van der Waals surface area contributed by atoms with Gasteiger partial charge in [0.2, 0.25) is 5.91 Å². The summed E-state index contributed by atoms with van der Waals surface area (Å²) in [4.78, 5) is 19.1. The maximum absolute atomic E-state index is 12.6. The number of nitrogens with zero attached hydrogens (tertiary/aromatic N) is 2. The fraction of sp³-hybridized carbons (Fsp3) is 0.524. The lowest BCUT2D eigenvalue weighted by Gasteiger charge is -2.20. The molecule has 1 saturated carbocycles. The van der Waals surface area contributed by atoms with Crippen molar-refractivity contribution < 1.29 is 13.9 Å². The van der Waals surface area contributed by atoms with E-state index >= 15 is 0 Å². The summed E-state index contributed by atoms with van der Waals surface area (Å²) in [6.07, 6.45) is 7.96. The Morgan fingerprint density at radius 1 is 1.31 bits per heavy atom. The Hall–Kier alpha value is -2.30. The summed E-state index contributed by atoms with van der Waals surface area (Å²) in [6.45, 7) is 1.57. The Bertz CT molecular complexity index is 764. The molecule has 0 N–H and O–H groups in total. The van der Waals surface area contributed by atoms with E-state index in [1.54, 1.807) is 7.11 Å². The standard InChI is InChI=1S/C21H26N2O3/c1-25-18-8-4-5-15(11-18)12-19-13-22-20(26-19)17-9-10-23(14-17)21(24)16-6-2-3-7-16/h4-5,8,11,13,16-17H,2-3,6-7,9-10,12,14H2,1H3/t17-/m1/s1. The number of carbonyl (C=O) groups excluding carboxylic acids is 1. The van der Waals surface area contributed by atoms with E-state index in [1.807, 2.05) is 29.3 Å². The minimum Gasteiger partial charge on any atom is -0.497 e. The van der Waals surface area contributed by atoms with E-state index in [1.165, 1.54) is 12.8 Å². The normalized spacial score (nSPS) is 20.7. The summed E-state index contributed by atoms with van der Waals surface area (Å²) in [6, 6.07) is 7.99. The number of hydrogen-bond donors (Lipinski definition) is 0. The Labute approximate surface area is 154 Å². The predicted octanol–water partition coefficient (Wildman–Crippen LogP) is 3.78. The smallest absolute Gasteiger partial charge is 0.225 e. The monoisotopic (exact) mass is 354 g/mol. The van der Waals surface area contributed by atoms with Crippen molar-refractivity contribution >= 4 is 5.91 Å². The van der Waals surface area contributed by atoms with Crippen LogP contribution in [-0.4, -0.2) is 36.0 Å². The fourth-order valence-corrected chi connectivity index (χ4v) is 4.17. The average Bonchev–Trinajstić information content (AvgIpc) is 3.41. The zero-order valence-corrected chi connectivity index (χ0v) is 15.3. The lowest BCUT2D eigenvalue weighted by Crippen LogP contribution is -2.33. The molecular weight excluding hydrogens is 328 g/mol. The van der Waals surface area contributed by atoms with E-state index in [0.717, 1.165) is 55.3 Å². The molecular formula is C21H26N2O3. The second-order valence-corrected chi connectivity index (χ2v) is 7.44. The third-order valence-corrected chi connectivity index (χ3v) is 5.64. The van der Waals surface area contributed by atoms with E-state index in [9.17, 15) is 4.79 Å². The number of likely N-dealkylation sites (tertiary alicyclic amines) is 1. The van der Waals surface area contributed by atoms with Crippen LogP contribution >= 0.6 is 0 Å². The van der Waals surface area contributed by atoms with Gasteiger partial charge in [0.25, 0.3) is 0 Å². The van der Waals surface area contributed by atoms with Crippen LogP contribution in [0.4, 0.5) is 0 Å². The first-order chi connectivity index (χ1) is 12.7. The highest BCUT2D eigenvalue weighted by Gasteiger charge is 2.34. The molecule has 0 radical (unpaired) electrons. The lowest BCUT2D eigenvalue weighted by atomic mass is 10.1. The molecule has 2 heterocycles. The molecule has 1 aromatic heterocycles. The number of methoxy groups -OCH3 is 1. The summed E-state index contributed by atoms with van der Waals surface area (Å²) >= 11 is 0. The average molecular weight is 354 g/mol. The van der Waals surface area contributed by atoms with Crippen molar-refractivity contribution in [3.63, 3.8) is 0 Å². The maximum atomic E-state index is 12.6. The molecule has 4 rings (SSSR count). The van der Waals surface area contributed by atoms with Crippen molar-refractivity contribution in [1.29, 1.82) is 0 Å². The van der Waals surface area contributed by atoms with Crippen LogP contribution in [0.25, 0.3) is 0 Å². The van der Waals surface area contributed by atoms with Crippen LogP contribution in [0.2, 0.25) is 0 Å². The molecule has 5 heteroatoms. The highest BCUT2D eigenvalue weighted by Crippen LogP contribution is 2.32. The van der Waals surface area contributed by atoms with Crippen molar-refractivity contribution in [2.45, 2.75) is 44.4 Å². The van der Waals surface area contributed by atoms with Gasteiger partial charge >= 0.3 is 0 Å². The van der Waals surface area contributed by atoms with E-state index in [-0.39, 0.29) is 11.8 Å². The van der Waals surface area contributed by atoms with Gasteiger partial charge < -0.3 is 14.1 Å². The molecule has 1 amide bonds. The Morgan fingerprint density at radius 3 is 2.96 bits per heavy atom.